The molecule has 240 valence electrons. The Morgan fingerprint density at radius 1 is 0.512 bits per heavy atom. The standard InChI is InChI=1S/C13H19FO.2C12H17FO/c1-9(2)8-15-11-5-6-12(10(3)4)13(14)7-11;1-8(2)11-6-5-10(7-12(11)13)14-9(3)4;1-8(2)10-5-6-12(11(13)7-10)14-9(3)4/h5-7,9-10H,8H2,1-4H3;2*5-9H,1-4H3. The molecule has 0 bridgehead atoms. The first kappa shape index (κ1) is 37.9. The number of hydrogen-bond donors (Lipinski definition) is 0. The summed E-state index contributed by atoms with van der Waals surface area (Å²) in [5.74, 6) is 2.15. The second-order valence-electron chi connectivity index (χ2n) is 12.6. The molecule has 3 aromatic rings. The van der Waals surface area contributed by atoms with Crippen molar-refractivity contribution in [3.05, 3.63) is 88.7 Å². The lowest BCUT2D eigenvalue weighted by Gasteiger charge is -2.12. The van der Waals surface area contributed by atoms with Gasteiger partial charge in [0, 0.05) is 12.1 Å². The third kappa shape index (κ3) is 14.2. The SMILES string of the molecule is CC(C)COc1ccc(C(C)C)c(F)c1.CC(C)Oc1ccc(C(C)C)c(F)c1.CC(C)Oc1ccc(C(C)C)cc1F. The molecule has 0 aliphatic carbocycles. The number of benzene rings is 3. The van der Waals surface area contributed by atoms with Crippen molar-refractivity contribution < 1.29 is 27.4 Å². The zero-order valence-electron chi connectivity index (χ0n) is 28.2. The Labute approximate surface area is 258 Å². The van der Waals surface area contributed by atoms with E-state index in [9.17, 15) is 13.2 Å². The summed E-state index contributed by atoms with van der Waals surface area (Å²) >= 11 is 0. The lowest BCUT2D eigenvalue weighted by atomic mass is 10.0. The van der Waals surface area contributed by atoms with Crippen LogP contribution in [0.5, 0.6) is 17.2 Å². The third-order valence-electron chi connectivity index (χ3n) is 6.13. The van der Waals surface area contributed by atoms with Gasteiger partial charge in [-0.3, -0.25) is 0 Å². The molecule has 0 atom stereocenters. The number of halogens is 3. The highest BCUT2D eigenvalue weighted by molar-refractivity contribution is 5.32. The van der Waals surface area contributed by atoms with Crippen LogP contribution in [0.25, 0.3) is 0 Å². The van der Waals surface area contributed by atoms with Crippen molar-refractivity contribution >= 4 is 0 Å². The first-order valence-electron chi connectivity index (χ1n) is 15.4. The predicted molar refractivity (Wildman–Crippen MR) is 173 cm³/mol. The highest BCUT2D eigenvalue weighted by Gasteiger charge is 2.10. The molecule has 0 saturated carbocycles. The summed E-state index contributed by atoms with van der Waals surface area (Å²) in [4.78, 5) is 0. The molecule has 3 aromatic carbocycles. The minimum atomic E-state index is -0.273. The summed E-state index contributed by atoms with van der Waals surface area (Å²) in [5.41, 5.74) is 2.48. The molecule has 0 spiro atoms. The molecule has 3 nitrogen and oxygen atoms in total. The number of ether oxygens (including phenoxy) is 3. The van der Waals surface area contributed by atoms with Crippen molar-refractivity contribution in [2.45, 2.75) is 113 Å². The van der Waals surface area contributed by atoms with E-state index in [1.54, 1.807) is 24.3 Å². The molecule has 3 rings (SSSR count). The van der Waals surface area contributed by atoms with Crippen LogP contribution in [-0.4, -0.2) is 18.8 Å². The quantitative estimate of drug-likeness (QED) is 0.231. The monoisotopic (exact) mass is 602 g/mol. The van der Waals surface area contributed by atoms with Crippen LogP contribution >= 0.6 is 0 Å². The second-order valence-corrected chi connectivity index (χ2v) is 12.6. The molecule has 6 heteroatoms. The minimum Gasteiger partial charge on any atom is -0.493 e. The van der Waals surface area contributed by atoms with Gasteiger partial charge in [0.05, 0.1) is 18.8 Å². The normalized spacial score (nSPS) is 11.1. The molecule has 43 heavy (non-hydrogen) atoms. The number of rotatable bonds is 10. The zero-order valence-corrected chi connectivity index (χ0v) is 28.2. The Balaban J connectivity index is 0.000000323. The van der Waals surface area contributed by atoms with Crippen LogP contribution in [0, 0.1) is 23.4 Å². The van der Waals surface area contributed by atoms with E-state index in [0.29, 0.717) is 35.7 Å². The maximum atomic E-state index is 13.5. The first-order valence-corrected chi connectivity index (χ1v) is 15.4. The van der Waals surface area contributed by atoms with Gasteiger partial charge in [0.25, 0.3) is 0 Å². The fraction of sp³-hybridized carbons (Fsp3) is 0.514. The molecule has 0 aliphatic rings. The first-order chi connectivity index (χ1) is 20.0. The lowest BCUT2D eigenvalue weighted by molar-refractivity contribution is 0.231. The fourth-order valence-corrected chi connectivity index (χ4v) is 3.88. The van der Waals surface area contributed by atoms with Crippen LogP contribution < -0.4 is 14.2 Å². The van der Waals surface area contributed by atoms with E-state index in [0.717, 1.165) is 16.7 Å². The summed E-state index contributed by atoms with van der Waals surface area (Å²) in [6, 6.07) is 15.3. The van der Waals surface area contributed by atoms with Gasteiger partial charge in [-0.25, -0.2) is 13.2 Å². The van der Waals surface area contributed by atoms with Gasteiger partial charge in [0.15, 0.2) is 11.6 Å². The van der Waals surface area contributed by atoms with Crippen LogP contribution in [0.4, 0.5) is 13.2 Å². The molecule has 0 saturated heterocycles. The average molecular weight is 603 g/mol. The van der Waals surface area contributed by atoms with E-state index >= 15 is 0 Å². The van der Waals surface area contributed by atoms with Gasteiger partial charge in [-0.15, -0.1) is 0 Å². The van der Waals surface area contributed by atoms with Crippen molar-refractivity contribution in [1.82, 2.24) is 0 Å². The highest BCUT2D eigenvalue weighted by atomic mass is 19.1. The van der Waals surface area contributed by atoms with Crippen molar-refractivity contribution in [2.75, 3.05) is 6.61 Å². The molecule has 0 amide bonds. The Bertz CT molecular complexity index is 1230. The van der Waals surface area contributed by atoms with Crippen LogP contribution in [0.2, 0.25) is 0 Å². The largest absolute Gasteiger partial charge is 0.493 e. The van der Waals surface area contributed by atoms with E-state index in [2.05, 4.69) is 13.8 Å². The molecular weight excluding hydrogens is 549 g/mol. The summed E-state index contributed by atoms with van der Waals surface area (Å²) in [6.07, 6.45) is 0.0914. The Kier molecular flexibility index (Phi) is 16.3. The zero-order chi connectivity index (χ0) is 32.9. The van der Waals surface area contributed by atoms with Crippen LogP contribution in [0.1, 0.15) is 118 Å². The Hall–Kier alpha value is -3.15. The molecule has 0 unspecified atom stereocenters. The van der Waals surface area contributed by atoms with Gasteiger partial charge < -0.3 is 14.2 Å². The predicted octanol–water partition coefficient (Wildman–Crippen LogP) is 11.5. The minimum absolute atomic E-state index is 0.00870. The van der Waals surface area contributed by atoms with E-state index in [1.165, 1.54) is 12.1 Å². The van der Waals surface area contributed by atoms with Gasteiger partial charge in [-0.1, -0.05) is 73.6 Å². The molecule has 0 heterocycles. The number of hydrogen-bond acceptors (Lipinski definition) is 3. The van der Waals surface area contributed by atoms with E-state index in [-0.39, 0.29) is 41.5 Å². The van der Waals surface area contributed by atoms with Crippen LogP contribution in [-0.2, 0) is 0 Å². The lowest BCUT2D eigenvalue weighted by Crippen LogP contribution is -2.07. The summed E-state index contributed by atoms with van der Waals surface area (Å²) < 4.78 is 56.6. The summed E-state index contributed by atoms with van der Waals surface area (Å²) in [5, 5.41) is 0. The van der Waals surface area contributed by atoms with E-state index < -0.39 is 0 Å². The fourth-order valence-electron chi connectivity index (χ4n) is 3.88. The molecule has 0 aliphatic heterocycles. The van der Waals surface area contributed by atoms with Gasteiger partial charge >= 0.3 is 0 Å². The van der Waals surface area contributed by atoms with Crippen molar-refractivity contribution in [1.29, 1.82) is 0 Å². The van der Waals surface area contributed by atoms with E-state index in [1.807, 2.05) is 87.4 Å². The molecular formula is C37H53F3O3. The van der Waals surface area contributed by atoms with Crippen molar-refractivity contribution in [3.63, 3.8) is 0 Å². The molecule has 0 N–H and O–H groups in total. The van der Waals surface area contributed by atoms with E-state index in [4.69, 9.17) is 14.2 Å². The smallest absolute Gasteiger partial charge is 0.165 e. The van der Waals surface area contributed by atoms with Crippen molar-refractivity contribution in [3.8, 4) is 17.2 Å². The van der Waals surface area contributed by atoms with Crippen LogP contribution in [0.3, 0.4) is 0 Å². The van der Waals surface area contributed by atoms with Gasteiger partial charge in [0.1, 0.15) is 23.1 Å². The Morgan fingerprint density at radius 2 is 1.00 bits per heavy atom. The molecule has 0 aromatic heterocycles. The highest BCUT2D eigenvalue weighted by Crippen LogP contribution is 2.25. The summed E-state index contributed by atoms with van der Waals surface area (Å²) in [6.45, 7) is 24.4. The van der Waals surface area contributed by atoms with Crippen LogP contribution in [0.15, 0.2) is 54.6 Å². The van der Waals surface area contributed by atoms with Gasteiger partial charge in [-0.05, 0) is 92.3 Å². The average Bonchev–Trinajstić information content (AvgIpc) is 2.88. The maximum Gasteiger partial charge on any atom is 0.165 e. The molecule has 0 radical (unpaired) electrons. The third-order valence-corrected chi connectivity index (χ3v) is 6.13. The summed E-state index contributed by atoms with van der Waals surface area (Å²) in [7, 11) is 0. The molecule has 0 fully saturated rings. The van der Waals surface area contributed by atoms with Crippen molar-refractivity contribution in [2.24, 2.45) is 5.92 Å². The maximum absolute atomic E-state index is 13.5. The Morgan fingerprint density at radius 3 is 1.40 bits per heavy atom. The second kappa shape index (κ2) is 18.5. The topological polar surface area (TPSA) is 27.7 Å². The van der Waals surface area contributed by atoms with Gasteiger partial charge in [-0.2, -0.15) is 0 Å². The van der Waals surface area contributed by atoms with Gasteiger partial charge in [0.2, 0.25) is 0 Å².